The average Bonchev–Trinajstić information content (AvgIpc) is 3.05. The molecule has 0 heterocycles. The highest BCUT2D eigenvalue weighted by Crippen LogP contribution is 2.25. The molecule has 3 aromatic carbocycles. The number of carbonyl (C=O) groups excluding carboxylic acids is 2. The Bertz CT molecular complexity index is 1220. The number of thioether (sulfide) groups is 1. The van der Waals surface area contributed by atoms with Gasteiger partial charge in [0.2, 0.25) is 5.12 Å². The highest BCUT2D eigenvalue weighted by atomic mass is 32.2. The molecule has 0 aliphatic carbocycles. The van der Waals surface area contributed by atoms with Crippen LogP contribution in [0, 0.1) is 0 Å². The Hall–Kier alpha value is -3.25. The van der Waals surface area contributed by atoms with Gasteiger partial charge in [0.1, 0.15) is 17.2 Å². The van der Waals surface area contributed by atoms with Crippen LogP contribution in [0.1, 0.15) is 108 Å². The SMILES string of the molecule is CCCCCCCCCCOc1ccc(-c2ccc(C(=O)Oc3ccc(O[C@H](C)C(=O)SCCCCCC)cc3)cc2)cc1. The Morgan fingerprint density at radius 3 is 1.73 bits per heavy atom. The largest absolute Gasteiger partial charge is 0.494 e. The lowest BCUT2D eigenvalue weighted by molar-refractivity contribution is -0.116. The molecule has 1 atom stereocenters. The second-order valence-corrected chi connectivity index (χ2v) is 12.4. The maximum atomic E-state index is 12.7. The zero-order valence-corrected chi connectivity index (χ0v) is 27.7. The maximum Gasteiger partial charge on any atom is 0.343 e. The zero-order chi connectivity index (χ0) is 31.4. The van der Waals surface area contributed by atoms with E-state index in [0.29, 0.717) is 17.1 Å². The van der Waals surface area contributed by atoms with Crippen molar-refractivity contribution in [3.8, 4) is 28.4 Å². The molecule has 0 unspecified atom stereocenters. The van der Waals surface area contributed by atoms with E-state index in [1.54, 1.807) is 43.3 Å². The predicted octanol–water partition coefficient (Wildman–Crippen LogP) is 10.7. The summed E-state index contributed by atoms with van der Waals surface area (Å²) in [4.78, 5) is 25.1. The first-order chi connectivity index (χ1) is 21.5. The average molecular weight is 619 g/mol. The second-order valence-electron chi connectivity index (χ2n) is 11.3. The molecule has 44 heavy (non-hydrogen) atoms. The summed E-state index contributed by atoms with van der Waals surface area (Å²) in [6.45, 7) is 6.94. The van der Waals surface area contributed by atoms with Crippen molar-refractivity contribution < 1.29 is 23.8 Å². The number of rotatable bonds is 21. The van der Waals surface area contributed by atoms with Crippen LogP contribution in [0.5, 0.6) is 17.2 Å². The van der Waals surface area contributed by atoms with E-state index in [9.17, 15) is 9.59 Å². The van der Waals surface area contributed by atoms with Crippen molar-refractivity contribution in [2.24, 2.45) is 0 Å². The van der Waals surface area contributed by atoms with E-state index in [2.05, 4.69) is 13.8 Å². The first-order valence-corrected chi connectivity index (χ1v) is 17.5. The minimum absolute atomic E-state index is 0.0267. The molecule has 6 heteroatoms. The van der Waals surface area contributed by atoms with E-state index in [4.69, 9.17) is 14.2 Å². The quantitative estimate of drug-likeness (QED) is 0.0672. The number of esters is 1. The van der Waals surface area contributed by atoms with Gasteiger partial charge >= 0.3 is 5.97 Å². The normalized spacial score (nSPS) is 11.6. The molecule has 0 N–H and O–H groups in total. The molecule has 0 aliphatic rings. The topological polar surface area (TPSA) is 61.8 Å². The van der Waals surface area contributed by atoms with Crippen molar-refractivity contribution in [1.29, 1.82) is 0 Å². The molecule has 3 rings (SSSR count). The molecule has 0 aliphatic heterocycles. The minimum Gasteiger partial charge on any atom is -0.494 e. The van der Waals surface area contributed by atoms with Crippen LogP contribution in [0.25, 0.3) is 11.1 Å². The van der Waals surface area contributed by atoms with Crippen molar-refractivity contribution in [2.75, 3.05) is 12.4 Å². The van der Waals surface area contributed by atoms with E-state index in [1.165, 1.54) is 69.5 Å². The Morgan fingerprint density at radius 2 is 1.11 bits per heavy atom. The van der Waals surface area contributed by atoms with Crippen molar-refractivity contribution in [3.63, 3.8) is 0 Å². The fraction of sp³-hybridized carbons (Fsp3) is 0.474. The highest BCUT2D eigenvalue weighted by Gasteiger charge is 2.16. The van der Waals surface area contributed by atoms with Gasteiger partial charge in [-0.05, 0) is 79.4 Å². The van der Waals surface area contributed by atoms with Gasteiger partial charge < -0.3 is 14.2 Å². The number of hydrogen-bond acceptors (Lipinski definition) is 6. The van der Waals surface area contributed by atoms with Crippen molar-refractivity contribution >= 4 is 22.8 Å². The predicted molar refractivity (Wildman–Crippen MR) is 183 cm³/mol. The van der Waals surface area contributed by atoms with Gasteiger partial charge in [0.15, 0.2) is 6.10 Å². The molecule has 3 aromatic rings. The van der Waals surface area contributed by atoms with Crippen LogP contribution in [-0.4, -0.2) is 29.5 Å². The molecular formula is C38H50O5S. The van der Waals surface area contributed by atoms with Gasteiger partial charge in [0.25, 0.3) is 0 Å². The molecule has 0 saturated heterocycles. The number of benzene rings is 3. The lowest BCUT2D eigenvalue weighted by Crippen LogP contribution is -2.21. The molecule has 0 bridgehead atoms. The summed E-state index contributed by atoms with van der Waals surface area (Å²) in [5, 5.41) is 0.0267. The van der Waals surface area contributed by atoms with E-state index in [0.717, 1.165) is 48.5 Å². The van der Waals surface area contributed by atoms with Crippen LogP contribution in [0.2, 0.25) is 0 Å². The fourth-order valence-electron chi connectivity index (χ4n) is 4.79. The monoisotopic (exact) mass is 618 g/mol. The molecule has 0 amide bonds. The van der Waals surface area contributed by atoms with E-state index in [1.807, 2.05) is 36.4 Å². The standard InChI is InChI=1S/C38H50O5S/c1-4-6-8-10-11-12-13-14-28-41-34-22-20-32(21-23-34)31-16-18-33(19-17-31)37(39)43-36-26-24-35(25-27-36)42-30(3)38(40)44-29-15-9-7-5-2/h16-27,30H,4-15,28-29H2,1-3H3/t30-/m1/s1. The van der Waals surface area contributed by atoms with Gasteiger partial charge in [-0.2, -0.15) is 0 Å². The Labute approximate surface area is 269 Å². The third-order valence-electron chi connectivity index (χ3n) is 7.50. The molecule has 0 fully saturated rings. The van der Waals surface area contributed by atoms with Crippen molar-refractivity contribution in [1.82, 2.24) is 0 Å². The van der Waals surface area contributed by atoms with Gasteiger partial charge in [-0.25, -0.2) is 4.79 Å². The fourth-order valence-corrected chi connectivity index (χ4v) is 5.62. The molecule has 0 radical (unpaired) electrons. The molecular weight excluding hydrogens is 568 g/mol. The number of hydrogen-bond donors (Lipinski definition) is 0. The van der Waals surface area contributed by atoms with Gasteiger partial charge in [-0.3, -0.25) is 4.79 Å². The van der Waals surface area contributed by atoms with E-state index < -0.39 is 12.1 Å². The van der Waals surface area contributed by atoms with Gasteiger partial charge in [0, 0.05) is 5.75 Å². The summed E-state index contributed by atoms with van der Waals surface area (Å²) in [6, 6.07) is 22.2. The second kappa shape index (κ2) is 20.7. The maximum absolute atomic E-state index is 12.7. The Kier molecular flexibility index (Phi) is 16.5. The summed E-state index contributed by atoms with van der Waals surface area (Å²) in [7, 11) is 0. The summed E-state index contributed by atoms with van der Waals surface area (Å²) in [6.07, 6.45) is 14.3. The number of unbranched alkanes of at least 4 members (excludes halogenated alkanes) is 10. The van der Waals surface area contributed by atoms with Gasteiger partial charge in [-0.1, -0.05) is 114 Å². The van der Waals surface area contributed by atoms with Gasteiger partial charge in [-0.15, -0.1) is 0 Å². The van der Waals surface area contributed by atoms with Crippen LogP contribution in [0.15, 0.2) is 72.8 Å². The van der Waals surface area contributed by atoms with Crippen LogP contribution < -0.4 is 14.2 Å². The van der Waals surface area contributed by atoms with E-state index >= 15 is 0 Å². The van der Waals surface area contributed by atoms with Crippen molar-refractivity contribution in [3.05, 3.63) is 78.4 Å². The summed E-state index contributed by atoms with van der Waals surface area (Å²) < 4.78 is 17.3. The first kappa shape index (κ1) is 35.2. The number of carbonyl (C=O) groups is 2. The first-order valence-electron chi connectivity index (χ1n) is 16.5. The zero-order valence-electron chi connectivity index (χ0n) is 26.9. The molecule has 238 valence electrons. The minimum atomic E-state index is -0.540. The van der Waals surface area contributed by atoms with Crippen LogP contribution in [0.3, 0.4) is 0 Å². The molecule has 0 aromatic heterocycles. The van der Waals surface area contributed by atoms with Crippen molar-refractivity contribution in [2.45, 2.75) is 104 Å². The Morgan fingerprint density at radius 1 is 0.614 bits per heavy atom. The third-order valence-corrected chi connectivity index (χ3v) is 8.61. The lowest BCUT2D eigenvalue weighted by Gasteiger charge is -2.13. The van der Waals surface area contributed by atoms with Crippen LogP contribution in [0.4, 0.5) is 0 Å². The van der Waals surface area contributed by atoms with Crippen LogP contribution >= 0.6 is 11.8 Å². The number of ether oxygens (including phenoxy) is 3. The Balaban J connectivity index is 1.39. The highest BCUT2D eigenvalue weighted by molar-refractivity contribution is 8.13. The van der Waals surface area contributed by atoms with Gasteiger partial charge in [0.05, 0.1) is 12.2 Å². The summed E-state index contributed by atoms with van der Waals surface area (Å²) in [5.74, 6) is 2.25. The molecule has 5 nitrogen and oxygen atoms in total. The molecule has 0 saturated carbocycles. The third kappa shape index (κ3) is 13.2. The summed E-state index contributed by atoms with van der Waals surface area (Å²) in [5.41, 5.74) is 2.54. The lowest BCUT2D eigenvalue weighted by atomic mass is 10.0. The van der Waals surface area contributed by atoms with Crippen LogP contribution in [-0.2, 0) is 4.79 Å². The summed E-state index contributed by atoms with van der Waals surface area (Å²) >= 11 is 1.33. The smallest absolute Gasteiger partial charge is 0.343 e. The molecule has 0 spiro atoms. The van der Waals surface area contributed by atoms with E-state index in [-0.39, 0.29) is 5.12 Å².